The third-order valence-corrected chi connectivity index (χ3v) is 5.60. The molecule has 1 amide bonds. The van der Waals surface area contributed by atoms with Gasteiger partial charge in [0.2, 0.25) is 5.91 Å². The van der Waals surface area contributed by atoms with Crippen LogP contribution in [-0.4, -0.2) is 45.9 Å². The van der Waals surface area contributed by atoms with Gasteiger partial charge in [-0.3, -0.25) is 14.3 Å². The Labute approximate surface area is 186 Å². The van der Waals surface area contributed by atoms with Crippen LogP contribution in [-0.2, 0) is 17.9 Å². The average Bonchev–Trinajstić information content (AvgIpc) is 3.11. The number of hydrogen-bond acceptors (Lipinski definition) is 5. The van der Waals surface area contributed by atoms with E-state index in [9.17, 15) is 9.59 Å². The molecule has 0 spiro atoms. The predicted octanol–water partition coefficient (Wildman–Crippen LogP) is 2.72. The molecule has 32 heavy (non-hydrogen) atoms. The zero-order valence-electron chi connectivity index (χ0n) is 18.7. The lowest BCUT2D eigenvalue weighted by atomic mass is 10.2. The summed E-state index contributed by atoms with van der Waals surface area (Å²) in [5, 5.41) is 8.74. The number of aromatic nitrogens is 4. The van der Waals surface area contributed by atoms with E-state index >= 15 is 0 Å². The van der Waals surface area contributed by atoms with Crippen LogP contribution in [0.1, 0.15) is 18.5 Å². The van der Waals surface area contributed by atoms with E-state index in [0.717, 1.165) is 40.6 Å². The van der Waals surface area contributed by atoms with Gasteiger partial charge < -0.3 is 14.8 Å². The smallest absolute Gasteiger partial charge is 0.293 e. The van der Waals surface area contributed by atoms with E-state index in [1.807, 2.05) is 47.1 Å². The van der Waals surface area contributed by atoms with Gasteiger partial charge in [-0.15, -0.1) is 0 Å². The SMILES string of the molecule is Cc1c2ccccc2nn1CCCNC(=O)CCn1c(=O)c(N(C)C)nc2ccccc21. The fourth-order valence-corrected chi connectivity index (χ4v) is 3.88. The van der Waals surface area contributed by atoms with Crippen molar-refractivity contribution in [3.05, 3.63) is 64.6 Å². The first kappa shape index (κ1) is 21.5. The van der Waals surface area contributed by atoms with Gasteiger partial charge in [0.05, 0.1) is 16.6 Å². The van der Waals surface area contributed by atoms with E-state index in [-0.39, 0.29) is 17.9 Å². The number of nitrogens with zero attached hydrogens (tertiary/aromatic N) is 5. The van der Waals surface area contributed by atoms with Crippen molar-refractivity contribution in [3.8, 4) is 0 Å². The second-order valence-corrected chi connectivity index (χ2v) is 8.05. The van der Waals surface area contributed by atoms with Gasteiger partial charge in [0.1, 0.15) is 0 Å². The molecule has 166 valence electrons. The van der Waals surface area contributed by atoms with Gasteiger partial charge in [-0.25, -0.2) is 4.98 Å². The van der Waals surface area contributed by atoms with Crippen molar-refractivity contribution >= 4 is 33.7 Å². The summed E-state index contributed by atoms with van der Waals surface area (Å²) in [7, 11) is 3.58. The molecule has 8 nitrogen and oxygen atoms in total. The molecule has 2 aromatic carbocycles. The molecule has 0 aliphatic carbocycles. The lowest BCUT2D eigenvalue weighted by Crippen LogP contribution is -2.31. The normalized spacial score (nSPS) is 11.2. The van der Waals surface area contributed by atoms with Gasteiger partial charge >= 0.3 is 0 Å². The molecule has 4 aromatic rings. The Kier molecular flexibility index (Phi) is 6.20. The molecule has 0 aliphatic heterocycles. The van der Waals surface area contributed by atoms with E-state index in [2.05, 4.69) is 28.4 Å². The van der Waals surface area contributed by atoms with Crippen molar-refractivity contribution in [2.24, 2.45) is 0 Å². The summed E-state index contributed by atoms with van der Waals surface area (Å²) in [6, 6.07) is 15.6. The largest absolute Gasteiger partial charge is 0.358 e. The van der Waals surface area contributed by atoms with E-state index in [4.69, 9.17) is 0 Å². The molecule has 8 heteroatoms. The van der Waals surface area contributed by atoms with E-state index in [1.165, 1.54) is 0 Å². The number of anilines is 1. The first-order valence-corrected chi connectivity index (χ1v) is 10.8. The number of benzene rings is 2. The number of fused-ring (bicyclic) bond motifs is 2. The summed E-state index contributed by atoms with van der Waals surface area (Å²) in [4.78, 5) is 31.5. The van der Waals surface area contributed by atoms with Crippen molar-refractivity contribution in [3.63, 3.8) is 0 Å². The number of carbonyl (C=O) groups excluding carboxylic acids is 1. The third kappa shape index (κ3) is 4.34. The van der Waals surface area contributed by atoms with E-state index in [1.54, 1.807) is 23.6 Å². The lowest BCUT2D eigenvalue weighted by molar-refractivity contribution is -0.121. The maximum absolute atomic E-state index is 12.9. The Bertz CT molecular complexity index is 1320. The maximum Gasteiger partial charge on any atom is 0.293 e. The second kappa shape index (κ2) is 9.21. The highest BCUT2D eigenvalue weighted by molar-refractivity contribution is 5.81. The molecule has 0 bridgehead atoms. The zero-order valence-corrected chi connectivity index (χ0v) is 18.7. The zero-order chi connectivity index (χ0) is 22.7. The first-order valence-electron chi connectivity index (χ1n) is 10.8. The minimum Gasteiger partial charge on any atom is -0.358 e. The summed E-state index contributed by atoms with van der Waals surface area (Å²) in [5.41, 5.74) is 3.40. The van der Waals surface area contributed by atoms with Crippen LogP contribution in [0.25, 0.3) is 21.9 Å². The minimum atomic E-state index is -0.192. The van der Waals surface area contributed by atoms with Crippen LogP contribution in [0.3, 0.4) is 0 Å². The van der Waals surface area contributed by atoms with Crippen molar-refractivity contribution in [1.82, 2.24) is 24.6 Å². The molecular weight excluding hydrogens is 404 g/mol. The first-order chi connectivity index (χ1) is 15.5. The van der Waals surface area contributed by atoms with Crippen molar-refractivity contribution in [1.29, 1.82) is 0 Å². The highest BCUT2D eigenvalue weighted by Crippen LogP contribution is 2.17. The Balaban J connectivity index is 1.35. The van der Waals surface area contributed by atoms with Gasteiger partial charge in [-0.1, -0.05) is 30.3 Å². The van der Waals surface area contributed by atoms with Gasteiger partial charge in [0.15, 0.2) is 5.82 Å². The van der Waals surface area contributed by atoms with E-state index in [0.29, 0.717) is 18.9 Å². The van der Waals surface area contributed by atoms with Crippen molar-refractivity contribution < 1.29 is 4.79 Å². The lowest BCUT2D eigenvalue weighted by Gasteiger charge is -2.16. The molecule has 0 saturated carbocycles. The van der Waals surface area contributed by atoms with Gasteiger partial charge in [0.25, 0.3) is 5.56 Å². The molecule has 0 unspecified atom stereocenters. The van der Waals surface area contributed by atoms with Crippen LogP contribution >= 0.6 is 0 Å². The molecule has 0 aliphatic rings. The Morgan fingerprint density at radius 2 is 1.75 bits per heavy atom. The molecule has 1 N–H and O–H groups in total. The minimum absolute atomic E-state index is 0.0773. The topological polar surface area (TPSA) is 85.0 Å². The standard InChI is InChI=1S/C24H28N6O2/c1-17-18-9-4-5-10-19(18)27-30(17)15-8-14-25-22(31)13-16-29-21-12-7-6-11-20(21)26-23(24(29)32)28(2)3/h4-7,9-12H,8,13-16H2,1-3H3,(H,25,31). The second-order valence-electron chi connectivity index (χ2n) is 8.05. The Hall–Kier alpha value is -3.68. The van der Waals surface area contributed by atoms with Crippen molar-refractivity contribution in [2.75, 3.05) is 25.5 Å². The highest BCUT2D eigenvalue weighted by atomic mass is 16.2. The van der Waals surface area contributed by atoms with Gasteiger partial charge in [0, 0.05) is 51.2 Å². The number of aryl methyl sites for hydroxylation is 3. The van der Waals surface area contributed by atoms with Crippen LogP contribution < -0.4 is 15.8 Å². The molecule has 2 heterocycles. The maximum atomic E-state index is 12.9. The fraction of sp³-hybridized carbons (Fsp3) is 0.333. The monoisotopic (exact) mass is 432 g/mol. The predicted molar refractivity (Wildman–Crippen MR) is 127 cm³/mol. The summed E-state index contributed by atoms with van der Waals surface area (Å²) in [5.74, 6) is 0.289. The summed E-state index contributed by atoms with van der Waals surface area (Å²) < 4.78 is 3.62. The van der Waals surface area contributed by atoms with Crippen LogP contribution in [0.4, 0.5) is 5.82 Å². The summed E-state index contributed by atoms with van der Waals surface area (Å²) in [6.45, 7) is 3.66. The Morgan fingerprint density at radius 1 is 1.03 bits per heavy atom. The number of carbonyl (C=O) groups is 1. The fourth-order valence-electron chi connectivity index (χ4n) is 3.88. The van der Waals surface area contributed by atoms with Gasteiger partial charge in [-0.2, -0.15) is 5.10 Å². The molecule has 4 rings (SSSR count). The number of rotatable bonds is 8. The summed E-state index contributed by atoms with van der Waals surface area (Å²) in [6.07, 6.45) is 1.01. The molecular formula is C24H28N6O2. The van der Waals surface area contributed by atoms with Crippen LogP contribution in [0, 0.1) is 6.92 Å². The van der Waals surface area contributed by atoms with Gasteiger partial charge in [-0.05, 0) is 31.5 Å². The van der Waals surface area contributed by atoms with Crippen molar-refractivity contribution in [2.45, 2.75) is 32.9 Å². The van der Waals surface area contributed by atoms with E-state index < -0.39 is 0 Å². The average molecular weight is 433 g/mol. The molecule has 0 saturated heterocycles. The number of hydrogen-bond donors (Lipinski definition) is 1. The Morgan fingerprint density at radius 3 is 2.50 bits per heavy atom. The molecule has 0 radical (unpaired) electrons. The molecule has 2 aromatic heterocycles. The van der Waals surface area contributed by atoms with Crippen LogP contribution in [0.2, 0.25) is 0 Å². The third-order valence-electron chi connectivity index (χ3n) is 5.60. The number of nitrogens with one attached hydrogen (secondary N) is 1. The molecule has 0 atom stereocenters. The number of para-hydroxylation sites is 2. The molecule has 0 fully saturated rings. The number of amides is 1. The van der Waals surface area contributed by atoms with Crippen LogP contribution in [0.15, 0.2) is 53.3 Å². The van der Waals surface area contributed by atoms with Crippen LogP contribution in [0.5, 0.6) is 0 Å². The quantitative estimate of drug-likeness (QED) is 0.433. The highest BCUT2D eigenvalue weighted by Gasteiger charge is 2.13. The summed E-state index contributed by atoms with van der Waals surface area (Å²) >= 11 is 0.